The summed E-state index contributed by atoms with van der Waals surface area (Å²) in [6.45, 7) is 7.28. The minimum atomic E-state index is -0.0371. The van der Waals surface area contributed by atoms with E-state index in [9.17, 15) is 4.79 Å². The highest BCUT2D eigenvalue weighted by atomic mass is 79.9. The normalized spacial score (nSPS) is 10.7. The van der Waals surface area contributed by atoms with Crippen molar-refractivity contribution >= 4 is 21.8 Å². The van der Waals surface area contributed by atoms with E-state index < -0.39 is 0 Å². The van der Waals surface area contributed by atoms with Crippen molar-refractivity contribution < 1.29 is 23.7 Å². The molecule has 0 heterocycles. The lowest BCUT2D eigenvalue weighted by molar-refractivity contribution is -0.118. The van der Waals surface area contributed by atoms with Gasteiger partial charge in [-0.15, -0.1) is 0 Å². The Kier molecular flexibility index (Phi) is 16.7. The number of nitrogens with one attached hydrogen (secondary N) is 1. The van der Waals surface area contributed by atoms with Crippen molar-refractivity contribution in [1.29, 1.82) is 0 Å². The first-order chi connectivity index (χ1) is 9.81. The van der Waals surface area contributed by atoms with E-state index in [1.165, 1.54) is 0 Å². The Hall–Kier alpha value is -0.210. The van der Waals surface area contributed by atoms with Crippen molar-refractivity contribution in [2.75, 3.05) is 64.7 Å². The number of ether oxygens (including phenoxy) is 4. The number of alkyl halides is 1. The lowest BCUT2D eigenvalue weighted by Gasteiger charge is -2.07. The number of carbonyl (C=O) groups is 1. The van der Waals surface area contributed by atoms with Gasteiger partial charge in [0.1, 0.15) is 0 Å². The summed E-state index contributed by atoms with van der Waals surface area (Å²) in [5, 5.41) is 3.01. The highest BCUT2D eigenvalue weighted by molar-refractivity contribution is 9.09. The summed E-state index contributed by atoms with van der Waals surface area (Å²) in [4.78, 5) is 10.9. The van der Waals surface area contributed by atoms with Crippen LogP contribution in [-0.2, 0) is 23.7 Å². The Balaban J connectivity index is 2.97. The molecule has 0 aliphatic rings. The molecular weight excluding hydrogens is 330 g/mol. The van der Waals surface area contributed by atoms with E-state index in [4.69, 9.17) is 18.9 Å². The molecule has 0 atom stereocenters. The molecule has 6 nitrogen and oxygen atoms in total. The third kappa shape index (κ3) is 15.8. The minimum absolute atomic E-state index is 0.0371. The van der Waals surface area contributed by atoms with Crippen molar-refractivity contribution in [3.05, 3.63) is 0 Å². The Bertz CT molecular complexity index is 219. The number of halogens is 1. The first-order valence-electron chi connectivity index (χ1n) is 6.95. The number of carbonyl (C=O) groups excluding carboxylic acids is 1. The molecule has 1 N–H and O–H groups in total. The summed E-state index contributed by atoms with van der Waals surface area (Å²) in [7, 11) is 0. The zero-order valence-corrected chi connectivity index (χ0v) is 13.8. The van der Waals surface area contributed by atoms with E-state index in [0.29, 0.717) is 58.1 Å². The van der Waals surface area contributed by atoms with Gasteiger partial charge >= 0.3 is 0 Å². The van der Waals surface area contributed by atoms with Crippen LogP contribution in [-0.4, -0.2) is 70.6 Å². The predicted molar refractivity (Wildman–Crippen MR) is 80.4 cm³/mol. The molecule has 0 aromatic heterocycles. The third-order valence-corrected chi connectivity index (χ3v) is 2.66. The standard InChI is InChI=1S/C13H26BrNO5/c1-2-4-17-6-8-19-10-11-20-9-7-18-5-3-15-13(16)12-14/h2-12H2,1H3,(H,15,16). The van der Waals surface area contributed by atoms with Gasteiger partial charge in [0, 0.05) is 13.2 Å². The van der Waals surface area contributed by atoms with Gasteiger partial charge in [-0.2, -0.15) is 0 Å². The van der Waals surface area contributed by atoms with Crippen LogP contribution in [0.15, 0.2) is 0 Å². The van der Waals surface area contributed by atoms with Crippen LogP contribution in [0.25, 0.3) is 0 Å². The maximum absolute atomic E-state index is 10.9. The molecule has 0 saturated heterocycles. The molecule has 0 bridgehead atoms. The Morgan fingerprint density at radius 3 is 1.75 bits per heavy atom. The molecule has 0 radical (unpaired) electrons. The predicted octanol–water partition coefficient (Wildman–Crippen LogP) is 0.974. The zero-order valence-electron chi connectivity index (χ0n) is 12.2. The van der Waals surface area contributed by atoms with Crippen LogP contribution in [0.3, 0.4) is 0 Å². The Morgan fingerprint density at radius 1 is 0.850 bits per heavy atom. The summed E-state index contributed by atoms with van der Waals surface area (Å²) in [5.74, 6) is -0.0371. The van der Waals surface area contributed by atoms with E-state index >= 15 is 0 Å². The smallest absolute Gasteiger partial charge is 0.230 e. The maximum Gasteiger partial charge on any atom is 0.230 e. The van der Waals surface area contributed by atoms with Crippen LogP contribution in [0, 0.1) is 0 Å². The van der Waals surface area contributed by atoms with Gasteiger partial charge in [-0.05, 0) is 6.42 Å². The van der Waals surface area contributed by atoms with Crippen molar-refractivity contribution in [2.45, 2.75) is 13.3 Å². The van der Waals surface area contributed by atoms with Crippen molar-refractivity contribution in [3.63, 3.8) is 0 Å². The lowest BCUT2D eigenvalue weighted by atomic mass is 10.5. The van der Waals surface area contributed by atoms with Crippen LogP contribution < -0.4 is 5.32 Å². The molecular formula is C13H26BrNO5. The van der Waals surface area contributed by atoms with E-state index in [-0.39, 0.29) is 5.91 Å². The fourth-order valence-electron chi connectivity index (χ4n) is 1.22. The van der Waals surface area contributed by atoms with Gasteiger partial charge in [-0.1, -0.05) is 22.9 Å². The molecule has 0 aliphatic carbocycles. The molecule has 120 valence electrons. The Labute approximate surface area is 129 Å². The monoisotopic (exact) mass is 355 g/mol. The number of hydrogen-bond acceptors (Lipinski definition) is 5. The fourth-order valence-corrected chi connectivity index (χ4v) is 1.41. The molecule has 0 spiro atoms. The van der Waals surface area contributed by atoms with Crippen LogP contribution in [0.2, 0.25) is 0 Å². The number of rotatable bonds is 15. The topological polar surface area (TPSA) is 66.0 Å². The lowest BCUT2D eigenvalue weighted by Crippen LogP contribution is -2.28. The second kappa shape index (κ2) is 16.8. The fraction of sp³-hybridized carbons (Fsp3) is 0.923. The summed E-state index contributed by atoms with van der Waals surface area (Å²) in [6, 6.07) is 0. The highest BCUT2D eigenvalue weighted by Gasteiger charge is 1.96. The highest BCUT2D eigenvalue weighted by Crippen LogP contribution is 1.84. The third-order valence-electron chi connectivity index (χ3n) is 2.15. The van der Waals surface area contributed by atoms with Crippen molar-refractivity contribution in [1.82, 2.24) is 5.32 Å². The minimum Gasteiger partial charge on any atom is -0.379 e. The first kappa shape index (κ1) is 19.8. The SMILES string of the molecule is CCCOCCOCCOCCOCCNC(=O)CBr. The first-order valence-corrected chi connectivity index (χ1v) is 8.07. The summed E-state index contributed by atoms with van der Waals surface area (Å²) in [5.41, 5.74) is 0. The molecule has 7 heteroatoms. The van der Waals surface area contributed by atoms with Gasteiger partial charge in [0.2, 0.25) is 5.91 Å². The molecule has 0 aliphatic heterocycles. The van der Waals surface area contributed by atoms with Gasteiger partial charge in [0.15, 0.2) is 0 Å². The number of amides is 1. The summed E-state index contributed by atoms with van der Waals surface area (Å²) in [6.07, 6.45) is 1.03. The van der Waals surface area contributed by atoms with Crippen molar-refractivity contribution in [3.8, 4) is 0 Å². The molecule has 1 amide bonds. The average Bonchev–Trinajstić information content (AvgIpc) is 2.47. The van der Waals surface area contributed by atoms with E-state index in [1.807, 2.05) is 0 Å². The molecule has 0 saturated carbocycles. The van der Waals surface area contributed by atoms with Crippen molar-refractivity contribution in [2.24, 2.45) is 0 Å². The second-order valence-corrected chi connectivity index (χ2v) is 4.49. The second-order valence-electron chi connectivity index (χ2n) is 3.93. The van der Waals surface area contributed by atoms with E-state index in [2.05, 4.69) is 28.2 Å². The van der Waals surface area contributed by atoms with E-state index in [1.54, 1.807) is 0 Å². The van der Waals surface area contributed by atoms with Crippen LogP contribution >= 0.6 is 15.9 Å². The van der Waals surface area contributed by atoms with Crippen LogP contribution in [0.5, 0.6) is 0 Å². The van der Waals surface area contributed by atoms with Crippen LogP contribution in [0.1, 0.15) is 13.3 Å². The Morgan fingerprint density at radius 2 is 1.30 bits per heavy atom. The van der Waals surface area contributed by atoms with Gasteiger partial charge in [-0.3, -0.25) is 4.79 Å². The van der Waals surface area contributed by atoms with E-state index in [0.717, 1.165) is 13.0 Å². The molecule has 0 aromatic rings. The van der Waals surface area contributed by atoms with Gasteiger partial charge < -0.3 is 24.3 Å². The van der Waals surface area contributed by atoms with Gasteiger partial charge in [0.25, 0.3) is 0 Å². The zero-order chi connectivity index (χ0) is 14.9. The number of hydrogen-bond donors (Lipinski definition) is 1. The summed E-state index contributed by atoms with van der Waals surface area (Å²) >= 11 is 3.06. The van der Waals surface area contributed by atoms with Gasteiger partial charge in [-0.25, -0.2) is 0 Å². The molecule has 20 heavy (non-hydrogen) atoms. The summed E-state index contributed by atoms with van der Waals surface area (Å²) < 4.78 is 21.2. The average molecular weight is 356 g/mol. The molecule has 0 fully saturated rings. The quantitative estimate of drug-likeness (QED) is 0.350. The largest absolute Gasteiger partial charge is 0.379 e. The molecule has 0 unspecified atom stereocenters. The maximum atomic E-state index is 10.9. The van der Waals surface area contributed by atoms with Crippen LogP contribution in [0.4, 0.5) is 0 Å². The van der Waals surface area contributed by atoms with Gasteiger partial charge in [0.05, 0.1) is 51.6 Å². The molecule has 0 aromatic carbocycles. The molecule has 0 rings (SSSR count).